The molecule has 0 radical (unpaired) electrons. The van der Waals surface area contributed by atoms with Crippen LogP contribution < -0.4 is 4.72 Å². The van der Waals surface area contributed by atoms with E-state index in [2.05, 4.69) is 4.72 Å². The lowest BCUT2D eigenvalue weighted by atomic mass is 10.3. The number of hydrogen-bond donors (Lipinski definition) is 1. The summed E-state index contributed by atoms with van der Waals surface area (Å²) in [6.45, 7) is 0. The Labute approximate surface area is 153 Å². The monoisotopic (exact) mass is 399 g/mol. The maximum atomic E-state index is 12.5. The van der Waals surface area contributed by atoms with Gasteiger partial charge in [0.1, 0.15) is 0 Å². The summed E-state index contributed by atoms with van der Waals surface area (Å²) in [5.74, 6) is 0. The van der Waals surface area contributed by atoms with E-state index in [1.807, 2.05) is 0 Å². The average Bonchev–Trinajstić information content (AvgIpc) is 3.11. The van der Waals surface area contributed by atoms with Gasteiger partial charge in [0.05, 0.1) is 15.0 Å². The first-order valence-electron chi connectivity index (χ1n) is 7.91. The highest BCUT2D eigenvalue weighted by molar-refractivity contribution is 7.92. The van der Waals surface area contributed by atoms with Crippen molar-refractivity contribution < 1.29 is 16.8 Å². The second kappa shape index (κ2) is 6.97. The molecule has 0 amide bonds. The van der Waals surface area contributed by atoms with Gasteiger partial charge in [-0.05, 0) is 61.4 Å². The van der Waals surface area contributed by atoms with Gasteiger partial charge in [0, 0.05) is 10.7 Å². The molecule has 0 unspecified atom stereocenters. The van der Waals surface area contributed by atoms with Gasteiger partial charge in [-0.15, -0.1) is 0 Å². The van der Waals surface area contributed by atoms with Crippen LogP contribution in [0.5, 0.6) is 0 Å². The number of halogens is 1. The number of rotatable bonds is 5. The SMILES string of the molecule is O=S(=O)(Nc1ccc(S(=O)(=O)C2CCCC2)cc1)c1ccc(Cl)cc1. The summed E-state index contributed by atoms with van der Waals surface area (Å²) in [7, 11) is -7.10. The Balaban J connectivity index is 1.79. The molecule has 3 rings (SSSR count). The number of anilines is 1. The van der Waals surface area contributed by atoms with E-state index >= 15 is 0 Å². The molecule has 0 atom stereocenters. The second-order valence-electron chi connectivity index (χ2n) is 6.04. The highest BCUT2D eigenvalue weighted by Crippen LogP contribution is 2.30. The summed E-state index contributed by atoms with van der Waals surface area (Å²) in [5.41, 5.74) is 0.306. The van der Waals surface area contributed by atoms with E-state index in [0.717, 1.165) is 12.8 Å². The fraction of sp³-hybridized carbons (Fsp3) is 0.294. The van der Waals surface area contributed by atoms with Crippen molar-refractivity contribution in [1.29, 1.82) is 0 Å². The number of benzene rings is 2. The molecule has 1 aliphatic rings. The molecule has 1 fully saturated rings. The highest BCUT2D eigenvalue weighted by atomic mass is 35.5. The molecular formula is C17H18ClNO4S2. The van der Waals surface area contributed by atoms with Gasteiger partial charge in [0.15, 0.2) is 9.84 Å². The van der Waals surface area contributed by atoms with Crippen molar-refractivity contribution in [2.45, 2.75) is 40.7 Å². The van der Waals surface area contributed by atoms with Crippen LogP contribution in [-0.2, 0) is 19.9 Å². The van der Waals surface area contributed by atoms with E-state index in [0.29, 0.717) is 23.6 Å². The predicted octanol–water partition coefficient (Wildman–Crippen LogP) is 3.86. The van der Waals surface area contributed by atoms with Crippen molar-refractivity contribution in [2.75, 3.05) is 4.72 Å². The molecule has 8 heteroatoms. The van der Waals surface area contributed by atoms with Crippen LogP contribution in [0.4, 0.5) is 5.69 Å². The minimum absolute atomic E-state index is 0.0829. The van der Waals surface area contributed by atoms with Crippen LogP contribution in [0, 0.1) is 0 Å². The Kier molecular flexibility index (Phi) is 5.09. The van der Waals surface area contributed by atoms with E-state index < -0.39 is 19.9 Å². The zero-order chi connectivity index (χ0) is 18.1. The van der Waals surface area contributed by atoms with E-state index in [4.69, 9.17) is 11.6 Å². The normalized spacial score (nSPS) is 16.0. The van der Waals surface area contributed by atoms with Crippen LogP contribution >= 0.6 is 11.6 Å². The first kappa shape index (κ1) is 18.2. The fourth-order valence-corrected chi connectivity index (χ4v) is 5.97. The highest BCUT2D eigenvalue weighted by Gasteiger charge is 2.30. The Morgan fingerprint density at radius 1 is 0.800 bits per heavy atom. The van der Waals surface area contributed by atoms with Crippen LogP contribution in [0.15, 0.2) is 58.3 Å². The number of sulfonamides is 1. The van der Waals surface area contributed by atoms with Crippen molar-refractivity contribution in [3.8, 4) is 0 Å². The van der Waals surface area contributed by atoms with Crippen LogP contribution in [0.2, 0.25) is 5.02 Å². The molecule has 1 saturated carbocycles. The zero-order valence-corrected chi connectivity index (χ0v) is 15.7. The summed E-state index contributed by atoms with van der Waals surface area (Å²) >= 11 is 5.76. The molecule has 0 aliphatic heterocycles. The zero-order valence-electron chi connectivity index (χ0n) is 13.4. The van der Waals surface area contributed by atoms with Crippen molar-refractivity contribution in [3.63, 3.8) is 0 Å². The van der Waals surface area contributed by atoms with Crippen molar-refractivity contribution in [1.82, 2.24) is 0 Å². The third kappa shape index (κ3) is 3.99. The Morgan fingerprint density at radius 3 is 1.88 bits per heavy atom. The molecule has 0 spiro atoms. The lowest BCUT2D eigenvalue weighted by Crippen LogP contribution is -2.18. The van der Waals surface area contributed by atoms with E-state index in [1.54, 1.807) is 0 Å². The molecular weight excluding hydrogens is 382 g/mol. The second-order valence-corrected chi connectivity index (χ2v) is 10.4. The standard InChI is InChI=1S/C17H18ClNO4S2/c18-13-5-9-17(10-6-13)25(22,23)19-14-7-11-16(12-8-14)24(20,21)15-3-1-2-4-15/h5-12,15,19H,1-4H2. The maximum absolute atomic E-state index is 12.5. The van der Waals surface area contributed by atoms with Gasteiger partial charge in [-0.3, -0.25) is 4.72 Å². The van der Waals surface area contributed by atoms with Crippen molar-refractivity contribution in [2.24, 2.45) is 0 Å². The van der Waals surface area contributed by atoms with Crippen molar-refractivity contribution in [3.05, 3.63) is 53.6 Å². The van der Waals surface area contributed by atoms with E-state index in [-0.39, 0.29) is 15.0 Å². The van der Waals surface area contributed by atoms with Crippen LogP contribution in [-0.4, -0.2) is 22.1 Å². The van der Waals surface area contributed by atoms with Gasteiger partial charge >= 0.3 is 0 Å². The number of hydrogen-bond acceptors (Lipinski definition) is 4. The summed E-state index contributed by atoms with van der Waals surface area (Å²) in [5, 5.41) is 0.115. The minimum Gasteiger partial charge on any atom is -0.280 e. The molecule has 2 aromatic carbocycles. The van der Waals surface area contributed by atoms with Gasteiger partial charge in [0.25, 0.3) is 10.0 Å². The number of sulfone groups is 1. The van der Waals surface area contributed by atoms with E-state index in [9.17, 15) is 16.8 Å². The summed E-state index contributed by atoms with van der Waals surface area (Å²) in [6, 6.07) is 11.6. The molecule has 0 saturated heterocycles. The fourth-order valence-electron chi connectivity index (χ4n) is 2.93. The van der Waals surface area contributed by atoms with Gasteiger partial charge in [-0.2, -0.15) is 0 Å². The predicted molar refractivity (Wildman–Crippen MR) is 98.1 cm³/mol. The lowest BCUT2D eigenvalue weighted by molar-refractivity contribution is 0.579. The molecule has 0 bridgehead atoms. The third-order valence-electron chi connectivity index (χ3n) is 4.30. The Morgan fingerprint density at radius 2 is 1.32 bits per heavy atom. The molecule has 1 N–H and O–H groups in total. The summed E-state index contributed by atoms with van der Waals surface area (Å²) in [6.07, 6.45) is 3.24. The molecule has 5 nitrogen and oxygen atoms in total. The largest absolute Gasteiger partial charge is 0.280 e. The van der Waals surface area contributed by atoms with Gasteiger partial charge in [-0.1, -0.05) is 24.4 Å². The Bertz CT molecular complexity index is 947. The molecule has 1 aliphatic carbocycles. The quantitative estimate of drug-likeness (QED) is 0.827. The minimum atomic E-state index is -3.75. The molecule has 25 heavy (non-hydrogen) atoms. The molecule has 0 heterocycles. The van der Waals surface area contributed by atoms with Crippen LogP contribution in [0.3, 0.4) is 0 Å². The van der Waals surface area contributed by atoms with Gasteiger partial charge in [0.2, 0.25) is 0 Å². The van der Waals surface area contributed by atoms with E-state index in [1.165, 1.54) is 48.5 Å². The molecule has 2 aromatic rings. The van der Waals surface area contributed by atoms with Crippen molar-refractivity contribution >= 4 is 37.1 Å². The molecule has 134 valence electrons. The van der Waals surface area contributed by atoms with Crippen LogP contribution in [0.25, 0.3) is 0 Å². The van der Waals surface area contributed by atoms with Gasteiger partial charge < -0.3 is 0 Å². The Hall–Kier alpha value is -1.57. The third-order valence-corrected chi connectivity index (χ3v) is 8.23. The summed E-state index contributed by atoms with van der Waals surface area (Å²) in [4.78, 5) is 0.313. The van der Waals surface area contributed by atoms with Crippen LogP contribution in [0.1, 0.15) is 25.7 Å². The first-order chi connectivity index (χ1) is 11.8. The number of nitrogens with one attached hydrogen (secondary N) is 1. The van der Waals surface area contributed by atoms with Gasteiger partial charge in [-0.25, -0.2) is 16.8 Å². The average molecular weight is 400 g/mol. The summed E-state index contributed by atoms with van der Waals surface area (Å²) < 4.78 is 52.2. The smallest absolute Gasteiger partial charge is 0.261 e. The maximum Gasteiger partial charge on any atom is 0.261 e. The lowest BCUT2D eigenvalue weighted by Gasteiger charge is -2.12. The molecule has 0 aromatic heterocycles. The topological polar surface area (TPSA) is 80.3 Å². The first-order valence-corrected chi connectivity index (χ1v) is 11.3.